The molecule has 0 fully saturated rings. The molecule has 0 radical (unpaired) electrons. The molecule has 0 saturated heterocycles. The first-order valence-electron chi connectivity index (χ1n) is 9.96. The monoisotopic (exact) mass is 400 g/mol. The number of hydrogen-bond donors (Lipinski definition) is 0. The molecule has 1 atom stereocenters. The third kappa shape index (κ3) is 4.33. The summed E-state index contributed by atoms with van der Waals surface area (Å²) in [5.41, 5.74) is 3.04. The van der Waals surface area contributed by atoms with Gasteiger partial charge in [0.2, 0.25) is 5.91 Å². The lowest BCUT2D eigenvalue weighted by molar-refractivity contribution is -0.131. The van der Waals surface area contributed by atoms with Crippen LogP contribution in [0.1, 0.15) is 30.7 Å². The van der Waals surface area contributed by atoms with Gasteiger partial charge in [-0.2, -0.15) is 5.10 Å². The molecule has 6 heteroatoms. The Balaban J connectivity index is 1.35. The van der Waals surface area contributed by atoms with Gasteiger partial charge < -0.3 is 9.32 Å². The van der Waals surface area contributed by atoms with Crippen molar-refractivity contribution in [2.45, 2.75) is 25.8 Å². The summed E-state index contributed by atoms with van der Waals surface area (Å²) < 4.78 is 7.61. The molecule has 0 aliphatic carbocycles. The van der Waals surface area contributed by atoms with E-state index in [2.05, 4.69) is 10.1 Å². The summed E-state index contributed by atoms with van der Waals surface area (Å²) in [5, 5.41) is 4.13. The normalized spacial score (nSPS) is 11.9. The van der Waals surface area contributed by atoms with E-state index in [9.17, 15) is 4.79 Å². The molecule has 30 heavy (non-hydrogen) atoms. The van der Waals surface area contributed by atoms with E-state index in [1.807, 2.05) is 80.7 Å². The molecule has 2 heterocycles. The van der Waals surface area contributed by atoms with Gasteiger partial charge in [-0.1, -0.05) is 42.5 Å². The Kier molecular flexibility index (Phi) is 5.75. The Labute approximate surface area is 175 Å². The fraction of sp³-hybridized carbons (Fsp3) is 0.208. The number of aromatic nitrogens is 3. The van der Waals surface area contributed by atoms with E-state index in [1.54, 1.807) is 15.9 Å². The number of furan rings is 1. The molecular weight excluding hydrogens is 376 g/mol. The van der Waals surface area contributed by atoms with Gasteiger partial charge in [-0.3, -0.25) is 4.79 Å². The van der Waals surface area contributed by atoms with Crippen molar-refractivity contribution in [3.05, 3.63) is 90.7 Å². The van der Waals surface area contributed by atoms with E-state index >= 15 is 0 Å². The first kappa shape index (κ1) is 19.6. The van der Waals surface area contributed by atoms with Crippen LogP contribution in [0.2, 0.25) is 0 Å². The number of carbonyl (C=O) groups excluding carboxylic acids is 1. The minimum atomic E-state index is -0.0289. The minimum Gasteiger partial charge on any atom is -0.461 e. The highest BCUT2D eigenvalue weighted by molar-refractivity contribution is 5.76. The summed E-state index contributed by atoms with van der Waals surface area (Å²) >= 11 is 0. The van der Waals surface area contributed by atoms with Crippen molar-refractivity contribution in [1.29, 1.82) is 0 Å². The Morgan fingerprint density at radius 3 is 2.53 bits per heavy atom. The van der Waals surface area contributed by atoms with E-state index in [4.69, 9.17) is 4.42 Å². The van der Waals surface area contributed by atoms with Crippen LogP contribution in [0.4, 0.5) is 0 Å². The van der Waals surface area contributed by atoms with Crippen LogP contribution in [0.25, 0.3) is 17.0 Å². The van der Waals surface area contributed by atoms with E-state index in [-0.39, 0.29) is 11.9 Å². The van der Waals surface area contributed by atoms with Gasteiger partial charge in [0, 0.05) is 25.5 Å². The molecule has 0 saturated carbocycles. The zero-order valence-corrected chi connectivity index (χ0v) is 17.1. The number of hydrogen-bond acceptors (Lipinski definition) is 4. The largest absolute Gasteiger partial charge is 0.461 e. The second kappa shape index (κ2) is 8.78. The number of rotatable bonds is 7. The second-order valence-corrected chi connectivity index (χ2v) is 7.24. The standard InChI is InChI=1S/C24H24N4O2/c1-18(19-8-10-21(11-9-19)28-17-25-16-26-28)27(2)24(29)15-13-22-12-14-23(30-22)20-6-4-3-5-7-20/h3-12,14,16-18H,13,15H2,1-2H3/t18-/m1/s1. The van der Waals surface area contributed by atoms with Crippen LogP contribution in [-0.2, 0) is 11.2 Å². The lowest BCUT2D eigenvalue weighted by Gasteiger charge is -2.25. The van der Waals surface area contributed by atoms with Crippen LogP contribution in [0, 0.1) is 0 Å². The lowest BCUT2D eigenvalue weighted by Crippen LogP contribution is -2.29. The smallest absolute Gasteiger partial charge is 0.223 e. The molecule has 0 unspecified atom stereocenters. The predicted molar refractivity (Wildman–Crippen MR) is 115 cm³/mol. The highest BCUT2D eigenvalue weighted by Gasteiger charge is 2.18. The SMILES string of the molecule is C[C@H](c1ccc(-n2cncn2)cc1)N(C)C(=O)CCc1ccc(-c2ccccc2)o1. The van der Waals surface area contributed by atoms with Gasteiger partial charge >= 0.3 is 0 Å². The highest BCUT2D eigenvalue weighted by atomic mass is 16.3. The summed E-state index contributed by atoms with van der Waals surface area (Å²) in [6.45, 7) is 2.03. The number of benzene rings is 2. The molecule has 2 aromatic carbocycles. The van der Waals surface area contributed by atoms with Crippen LogP contribution >= 0.6 is 0 Å². The highest BCUT2D eigenvalue weighted by Crippen LogP contribution is 2.24. The summed E-state index contributed by atoms with van der Waals surface area (Å²) in [4.78, 5) is 18.5. The van der Waals surface area contributed by atoms with Crippen LogP contribution in [-0.4, -0.2) is 32.6 Å². The Bertz CT molecular complexity index is 1090. The van der Waals surface area contributed by atoms with Gasteiger partial charge in [0.15, 0.2) is 0 Å². The molecule has 0 aliphatic rings. The van der Waals surface area contributed by atoms with Gasteiger partial charge in [-0.15, -0.1) is 0 Å². The maximum absolute atomic E-state index is 12.7. The Morgan fingerprint density at radius 1 is 1.07 bits per heavy atom. The molecule has 2 aromatic heterocycles. The van der Waals surface area contributed by atoms with Crippen LogP contribution in [0.15, 0.2) is 83.8 Å². The molecule has 0 bridgehead atoms. The number of amides is 1. The maximum Gasteiger partial charge on any atom is 0.223 e. The molecule has 152 valence electrons. The second-order valence-electron chi connectivity index (χ2n) is 7.24. The van der Waals surface area contributed by atoms with Crippen LogP contribution in [0.3, 0.4) is 0 Å². The van der Waals surface area contributed by atoms with E-state index in [0.29, 0.717) is 12.8 Å². The quantitative estimate of drug-likeness (QED) is 0.452. The van der Waals surface area contributed by atoms with Crippen molar-refractivity contribution in [3.63, 3.8) is 0 Å². The zero-order valence-electron chi connectivity index (χ0n) is 17.1. The maximum atomic E-state index is 12.7. The first-order valence-corrected chi connectivity index (χ1v) is 9.96. The van der Waals surface area contributed by atoms with Crippen molar-refractivity contribution in [2.75, 3.05) is 7.05 Å². The number of nitrogens with zero attached hydrogens (tertiary/aromatic N) is 4. The predicted octanol–water partition coefficient (Wildman–Crippen LogP) is 4.68. The number of carbonyl (C=O) groups is 1. The van der Waals surface area contributed by atoms with E-state index in [0.717, 1.165) is 28.3 Å². The zero-order chi connectivity index (χ0) is 20.9. The average molecular weight is 400 g/mol. The molecule has 4 aromatic rings. The third-order valence-corrected chi connectivity index (χ3v) is 5.34. The average Bonchev–Trinajstić information content (AvgIpc) is 3.50. The van der Waals surface area contributed by atoms with Gasteiger partial charge in [0.1, 0.15) is 24.2 Å². The lowest BCUT2D eigenvalue weighted by atomic mass is 10.1. The third-order valence-electron chi connectivity index (χ3n) is 5.34. The molecule has 0 aliphatic heterocycles. The molecule has 1 amide bonds. The van der Waals surface area contributed by atoms with Crippen molar-refractivity contribution >= 4 is 5.91 Å². The van der Waals surface area contributed by atoms with Crippen molar-refractivity contribution in [2.24, 2.45) is 0 Å². The van der Waals surface area contributed by atoms with Gasteiger partial charge in [0.25, 0.3) is 0 Å². The summed E-state index contributed by atoms with van der Waals surface area (Å²) in [6.07, 6.45) is 4.14. The summed E-state index contributed by atoms with van der Waals surface area (Å²) in [6, 6.07) is 21.8. The number of aryl methyl sites for hydroxylation is 1. The fourth-order valence-electron chi connectivity index (χ4n) is 3.36. The van der Waals surface area contributed by atoms with Gasteiger partial charge in [-0.25, -0.2) is 9.67 Å². The Morgan fingerprint density at radius 2 is 1.83 bits per heavy atom. The molecular formula is C24H24N4O2. The van der Waals surface area contributed by atoms with Crippen molar-refractivity contribution < 1.29 is 9.21 Å². The van der Waals surface area contributed by atoms with Crippen LogP contribution < -0.4 is 0 Å². The van der Waals surface area contributed by atoms with Crippen molar-refractivity contribution in [3.8, 4) is 17.0 Å². The summed E-state index contributed by atoms with van der Waals surface area (Å²) in [7, 11) is 1.84. The molecule has 0 N–H and O–H groups in total. The molecule has 6 nitrogen and oxygen atoms in total. The Hall–Kier alpha value is -3.67. The van der Waals surface area contributed by atoms with Gasteiger partial charge in [0.05, 0.1) is 11.7 Å². The van der Waals surface area contributed by atoms with Crippen molar-refractivity contribution in [1.82, 2.24) is 19.7 Å². The summed E-state index contributed by atoms with van der Waals surface area (Å²) in [5.74, 6) is 1.73. The molecule has 0 spiro atoms. The van der Waals surface area contributed by atoms with Crippen LogP contribution in [0.5, 0.6) is 0 Å². The van der Waals surface area contributed by atoms with E-state index in [1.165, 1.54) is 6.33 Å². The fourth-order valence-corrected chi connectivity index (χ4v) is 3.36. The van der Waals surface area contributed by atoms with Gasteiger partial charge in [-0.05, 0) is 36.8 Å². The van der Waals surface area contributed by atoms with E-state index < -0.39 is 0 Å². The minimum absolute atomic E-state index is 0.0289. The first-order chi connectivity index (χ1) is 14.6. The topological polar surface area (TPSA) is 64.2 Å². The molecule has 4 rings (SSSR count).